The summed E-state index contributed by atoms with van der Waals surface area (Å²) in [6.45, 7) is 0.561. The molecule has 0 aromatic heterocycles. The molecule has 1 aromatic carbocycles. The number of para-hydroxylation sites is 2. The standard InChI is InChI=1S/C13H16F3N3OS.HI/c14-13(15,16)20-11-6-2-1-5-10(11)19-12(17)18-8-9-4-3-7-21-9;/h1-2,5-6,9H,3-4,7-8H2,(H3,17,18,19);1H. The SMILES string of the molecule is I.NC(=NCC1CCCS1)Nc1ccccc1OC(F)(F)F. The van der Waals surface area contributed by atoms with Crippen LogP contribution in [-0.4, -0.2) is 29.9 Å². The fraction of sp³-hybridized carbons (Fsp3) is 0.462. The second-order valence-corrected chi connectivity index (χ2v) is 5.94. The summed E-state index contributed by atoms with van der Waals surface area (Å²) in [6, 6.07) is 5.71. The van der Waals surface area contributed by atoms with Crippen LogP contribution in [0.3, 0.4) is 0 Å². The number of hydrogen-bond donors (Lipinski definition) is 2. The maximum Gasteiger partial charge on any atom is 0.573 e. The van der Waals surface area contributed by atoms with Crippen LogP contribution in [0.25, 0.3) is 0 Å². The number of nitrogens with zero attached hydrogens (tertiary/aromatic N) is 1. The number of nitrogens with two attached hydrogens (primary N) is 1. The van der Waals surface area contributed by atoms with Crippen LogP contribution in [0.15, 0.2) is 29.3 Å². The van der Waals surface area contributed by atoms with E-state index in [0.29, 0.717) is 11.8 Å². The van der Waals surface area contributed by atoms with Crippen LogP contribution in [0.4, 0.5) is 18.9 Å². The van der Waals surface area contributed by atoms with Gasteiger partial charge >= 0.3 is 6.36 Å². The number of aliphatic imine (C=N–C) groups is 1. The van der Waals surface area contributed by atoms with Gasteiger partial charge in [0.05, 0.1) is 12.2 Å². The lowest BCUT2D eigenvalue weighted by Crippen LogP contribution is -2.25. The van der Waals surface area contributed by atoms with E-state index in [-0.39, 0.29) is 41.4 Å². The number of ether oxygens (including phenoxy) is 1. The van der Waals surface area contributed by atoms with Crippen LogP contribution >= 0.6 is 35.7 Å². The molecule has 0 aliphatic carbocycles. The predicted molar refractivity (Wildman–Crippen MR) is 94.1 cm³/mol. The Hall–Kier alpha value is -0.840. The summed E-state index contributed by atoms with van der Waals surface area (Å²) in [5, 5.41) is 3.09. The van der Waals surface area contributed by atoms with E-state index in [0.717, 1.165) is 12.2 Å². The maximum absolute atomic E-state index is 12.3. The number of alkyl halides is 3. The molecule has 1 heterocycles. The third kappa shape index (κ3) is 6.51. The van der Waals surface area contributed by atoms with Gasteiger partial charge in [-0.05, 0) is 30.7 Å². The molecule has 1 aliphatic heterocycles. The Labute approximate surface area is 148 Å². The first-order chi connectivity index (χ1) is 9.94. The number of rotatable bonds is 4. The van der Waals surface area contributed by atoms with Gasteiger partial charge in [0, 0.05) is 5.25 Å². The van der Waals surface area contributed by atoms with E-state index >= 15 is 0 Å². The summed E-state index contributed by atoms with van der Waals surface area (Å²) >= 11 is 1.84. The average molecular weight is 447 g/mol. The van der Waals surface area contributed by atoms with Crippen molar-refractivity contribution in [1.82, 2.24) is 0 Å². The largest absolute Gasteiger partial charge is 0.573 e. The highest BCUT2D eigenvalue weighted by Gasteiger charge is 2.32. The molecule has 2 rings (SSSR count). The van der Waals surface area contributed by atoms with Gasteiger partial charge < -0.3 is 15.8 Å². The molecule has 0 radical (unpaired) electrons. The molecular formula is C13H17F3IN3OS. The third-order valence-corrected chi connectivity index (χ3v) is 4.25. The predicted octanol–water partition coefficient (Wildman–Crippen LogP) is 3.83. The van der Waals surface area contributed by atoms with Crippen molar-refractivity contribution >= 4 is 47.4 Å². The van der Waals surface area contributed by atoms with E-state index < -0.39 is 6.36 Å². The van der Waals surface area contributed by atoms with Gasteiger partial charge in [0.15, 0.2) is 11.7 Å². The summed E-state index contributed by atoms with van der Waals surface area (Å²) < 4.78 is 40.8. The molecular weight excluding hydrogens is 430 g/mol. The zero-order valence-corrected chi connectivity index (χ0v) is 14.7. The van der Waals surface area contributed by atoms with E-state index in [2.05, 4.69) is 15.0 Å². The lowest BCUT2D eigenvalue weighted by atomic mass is 10.2. The zero-order valence-electron chi connectivity index (χ0n) is 11.6. The third-order valence-electron chi connectivity index (χ3n) is 2.86. The van der Waals surface area contributed by atoms with Gasteiger partial charge in [0.1, 0.15) is 0 Å². The molecule has 9 heteroatoms. The minimum Gasteiger partial charge on any atom is -0.404 e. The molecule has 0 saturated carbocycles. The Morgan fingerprint density at radius 2 is 2.14 bits per heavy atom. The number of thioether (sulfide) groups is 1. The summed E-state index contributed by atoms with van der Waals surface area (Å²) in [4.78, 5) is 4.16. The van der Waals surface area contributed by atoms with E-state index in [4.69, 9.17) is 5.73 Å². The van der Waals surface area contributed by atoms with Crippen LogP contribution in [0.5, 0.6) is 5.75 Å². The highest BCUT2D eigenvalue weighted by Crippen LogP contribution is 2.30. The van der Waals surface area contributed by atoms with Crippen molar-refractivity contribution < 1.29 is 17.9 Å². The molecule has 4 nitrogen and oxygen atoms in total. The van der Waals surface area contributed by atoms with E-state index in [1.807, 2.05) is 11.8 Å². The van der Waals surface area contributed by atoms with Gasteiger partial charge in [-0.3, -0.25) is 4.99 Å². The summed E-state index contributed by atoms with van der Waals surface area (Å²) in [5.74, 6) is 0.870. The first-order valence-corrected chi connectivity index (χ1v) is 7.52. The van der Waals surface area contributed by atoms with Gasteiger partial charge in [-0.1, -0.05) is 12.1 Å². The lowest BCUT2D eigenvalue weighted by molar-refractivity contribution is -0.274. The van der Waals surface area contributed by atoms with Gasteiger partial charge in [-0.15, -0.1) is 37.1 Å². The molecule has 0 bridgehead atoms. The second kappa shape index (κ2) is 8.70. The number of guanidine groups is 1. The van der Waals surface area contributed by atoms with Gasteiger partial charge in [0.2, 0.25) is 0 Å². The summed E-state index contributed by atoms with van der Waals surface area (Å²) in [6.07, 6.45) is -2.49. The molecule has 1 aliphatic rings. The van der Waals surface area contributed by atoms with Gasteiger partial charge in [0.25, 0.3) is 0 Å². The van der Waals surface area contributed by atoms with E-state index in [1.165, 1.54) is 24.6 Å². The maximum atomic E-state index is 12.3. The molecule has 1 atom stereocenters. The van der Waals surface area contributed by atoms with E-state index in [1.54, 1.807) is 6.07 Å². The smallest absolute Gasteiger partial charge is 0.404 e. The summed E-state index contributed by atoms with van der Waals surface area (Å²) in [5.41, 5.74) is 5.84. The van der Waals surface area contributed by atoms with Crippen molar-refractivity contribution in [3.63, 3.8) is 0 Å². The molecule has 0 spiro atoms. The minimum atomic E-state index is -4.75. The number of nitrogens with one attached hydrogen (secondary N) is 1. The monoisotopic (exact) mass is 447 g/mol. The highest BCUT2D eigenvalue weighted by molar-refractivity contribution is 14.0. The van der Waals surface area contributed by atoms with Crippen molar-refractivity contribution in [3.8, 4) is 5.75 Å². The first kappa shape index (κ1) is 19.2. The van der Waals surface area contributed by atoms with Crippen LogP contribution in [0.1, 0.15) is 12.8 Å². The van der Waals surface area contributed by atoms with E-state index in [9.17, 15) is 13.2 Å². The Bertz CT molecular complexity index is 508. The van der Waals surface area contributed by atoms with Crippen molar-refractivity contribution in [2.45, 2.75) is 24.5 Å². The van der Waals surface area contributed by atoms with Crippen LogP contribution in [0, 0.1) is 0 Å². The van der Waals surface area contributed by atoms with Crippen molar-refractivity contribution in [2.75, 3.05) is 17.6 Å². The topological polar surface area (TPSA) is 59.6 Å². The number of halogens is 4. The fourth-order valence-corrected chi connectivity index (χ4v) is 3.13. The lowest BCUT2D eigenvalue weighted by Gasteiger charge is -2.14. The van der Waals surface area contributed by atoms with Crippen molar-refractivity contribution in [1.29, 1.82) is 0 Å². The molecule has 1 unspecified atom stereocenters. The second-order valence-electron chi connectivity index (χ2n) is 4.53. The van der Waals surface area contributed by atoms with Gasteiger partial charge in [-0.2, -0.15) is 11.8 Å². The normalized spacial score (nSPS) is 18.7. The zero-order chi connectivity index (χ0) is 15.3. The van der Waals surface area contributed by atoms with Crippen LogP contribution in [0.2, 0.25) is 0 Å². The Kier molecular flexibility index (Phi) is 7.60. The number of anilines is 1. The molecule has 124 valence electrons. The number of hydrogen-bond acceptors (Lipinski definition) is 3. The molecule has 0 amide bonds. The number of benzene rings is 1. The quantitative estimate of drug-likeness (QED) is 0.419. The molecule has 1 saturated heterocycles. The summed E-state index contributed by atoms with van der Waals surface area (Å²) in [7, 11) is 0. The van der Waals surface area contributed by atoms with Crippen molar-refractivity contribution in [2.24, 2.45) is 10.7 Å². The van der Waals surface area contributed by atoms with Crippen molar-refractivity contribution in [3.05, 3.63) is 24.3 Å². The van der Waals surface area contributed by atoms with Crippen LogP contribution in [-0.2, 0) is 0 Å². The fourth-order valence-electron chi connectivity index (χ4n) is 1.95. The molecule has 1 aromatic rings. The first-order valence-electron chi connectivity index (χ1n) is 6.47. The Morgan fingerprint density at radius 3 is 2.77 bits per heavy atom. The molecule has 22 heavy (non-hydrogen) atoms. The Morgan fingerprint density at radius 1 is 1.41 bits per heavy atom. The average Bonchev–Trinajstić information content (AvgIpc) is 2.90. The minimum absolute atomic E-state index is 0. The molecule has 1 fully saturated rings. The Balaban J connectivity index is 0.00000242. The molecule has 3 N–H and O–H groups in total. The van der Waals surface area contributed by atoms with Gasteiger partial charge in [-0.25, -0.2) is 0 Å². The van der Waals surface area contributed by atoms with Crippen LogP contribution < -0.4 is 15.8 Å². The highest BCUT2D eigenvalue weighted by atomic mass is 127.